The highest BCUT2D eigenvalue weighted by molar-refractivity contribution is 6.32. The molecule has 0 saturated carbocycles. The molecule has 2 heterocycles. The second-order valence-corrected chi connectivity index (χ2v) is 7.10. The van der Waals surface area contributed by atoms with Crippen LogP contribution < -0.4 is 10.1 Å². The lowest BCUT2D eigenvalue weighted by atomic mass is 9.78. The van der Waals surface area contributed by atoms with Crippen molar-refractivity contribution in [3.63, 3.8) is 0 Å². The van der Waals surface area contributed by atoms with E-state index in [0.717, 1.165) is 39.0 Å². The Morgan fingerprint density at radius 3 is 2.62 bits per heavy atom. The Balaban J connectivity index is 0.00000208. The maximum absolute atomic E-state index is 12.8. The number of amides is 1. The molecule has 134 valence electrons. The molecule has 1 atom stereocenters. The summed E-state index contributed by atoms with van der Waals surface area (Å²) in [6.07, 6.45) is 3.61. The van der Waals surface area contributed by atoms with Gasteiger partial charge in [0.15, 0.2) is 6.10 Å². The van der Waals surface area contributed by atoms with Crippen LogP contribution in [0.4, 0.5) is 0 Å². The number of carbonyl (C=O) groups excluding carboxylic acids is 1. The Bertz CT molecular complexity index is 552. The molecule has 2 aliphatic rings. The third kappa shape index (κ3) is 4.16. The molecule has 1 aromatic carbocycles. The molecule has 0 aliphatic carbocycles. The first-order chi connectivity index (χ1) is 11.1. The van der Waals surface area contributed by atoms with Gasteiger partial charge in [0.2, 0.25) is 0 Å². The lowest BCUT2D eigenvalue weighted by molar-refractivity contribution is -0.141. The van der Waals surface area contributed by atoms with E-state index < -0.39 is 6.10 Å². The zero-order valence-corrected chi connectivity index (χ0v) is 15.7. The molecule has 1 spiro atoms. The summed E-state index contributed by atoms with van der Waals surface area (Å²) in [4.78, 5) is 14.8. The Kier molecular flexibility index (Phi) is 6.79. The fourth-order valence-corrected chi connectivity index (χ4v) is 3.81. The third-order valence-corrected chi connectivity index (χ3v) is 5.53. The van der Waals surface area contributed by atoms with Crippen molar-refractivity contribution in [3.05, 3.63) is 29.3 Å². The summed E-state index contributed by atoms with van der Waals surface area (Å²) in [5.74, 6) is 0.677. The fraction of sp³-hybridized carbons (Fsp3) is 0.611. The minimum atomic E-state index is -0.453. The average molecular weight is 373 g/mol. The van der Waals surface area contributed by atoms with Crippen molar-refractivity contribution in [1.82, 2.24) is 10.2 Å². The van der Waals surface area contributed by atoms with Crippen molar-refractivity contribution in [1.29, 1.82) is 0 Å². The summed E-state index contributed by atoms with van der Waals surface area (Å²) in [6.45, 7) is 5.86. The maximum Gasteiger partial charge on any atom is 0.263 e. The van der Waals surface area contributed by atoms with Crippen LogP contribution in [0.5, 0.6) is 5.75 Å². The predicted octanol–water partition coefficient (Wildman–Crippen LogP) is 3.52. The molecule has 4 nitrogen and oxygen atoms in total. The quantitative estimate of drug-likeness (QED) is 0.878. The molecule has 0 radical (unpaired) electrons. The largest absolute Gasteiger partial charge is 0.479 e. The van der Waals surface area contributed by atoms with Gasteiger partial charge in [-0.3, -0.25) is 4.79 Å². The van der Waals surface area contributed by atoms with Crippen LogP contribution in [0.3, 0.4) is 0 Å². The number of ether oxygens (including phenoxy) is 1. The minimum absolute atomic E-state index is 0. The summed E-state index contributed by atoms with van der Waals surface area (Å²) in [5.41, 5.74) is 0.419. The van der Waals surface area contributed by atoms with Crippen LogP contribution >= 0.6 is 24.0 Å². The zero-order chi connectivity index (χ0) is 16.3. The SMILES string of the molecule is CCC(Oc1ccccc1Cl)C(=O)N1CCC2(CCNC2)CC1.Cl. The highest BCUT2D eigenvalue weighted by Gasteiger charge is 2.39. The number of carbonyl (C=O) groups is 1. The number of hydrogen-bond acceptors (Lipinski definition) is 3. The topological polar surface area (TPSA) is 41.6 Å². The van der Waals surface area contributed by atoms with Gasteiger partial charge in [-0.15, -0.1) is 12.4 Å². The van der Waals surface area contributed by atoms with Crippen LogP contribution in [0.1, 0.15) is 32.6 Å². The van der Waals surface area contributed by atoms with E-state index in [9.17, 15) is 4.79 Å². The number of rotatable bonds is 4. The molecule has 2 aliphatic heterocycles. The van der Waals surface area contributed by atoms with Gasteiger partial charge in [0.05, 0.1) is 5.02 Å². The number of halogens is 2. The summed E-state index contributed by atoms with van der Waals surface area (Å²) in [7, 11) is 0. The van der Waals surface area contributed by atoms with Crippen molar-refractivity contribution < 1.29 is 9.53 Å². The summed E-state index contributed by atoms with van der Waals surface area (Å²) in [6, 6.07) is 7.33. The summed E-state index contributed by atoms with van der Waals surface area (Å²) < 4.78 is 5.89. The van der Waals surface area contributed by atoms with Gasteiger partial charge in [-0.2, -0.15) is 0 Å². The van der Waals surface area contributed by atoms with Gasteiger partial charge in [0, 0.05) is 19.6 Å². The van der Waals surface area contributed by atoms with Gasteiger partial charge in [-0.25, -0.2) is 0 Å². The van der Waals surface area contributed by atoms with Gasteiger partial charge >= 0.3 is 0 Å². The Labute approximate surface area is 155 Å². The number of nitrogens with zero attached hydrogens (tertiary/aromatic N) is 1. The number of nitrogens with one attached hydrogen (secondary N) is 1. The lowest BCUT2D eigenvalue weighted by Gasteiger charge is -2.39. The highest BCUT2D eigenvalue weighted by atomic mass is 35.5. The van der Waals surface area contributed by atoms with Crippen LogP contribution in [-0.2, 0) is 4.79 Å². The van der Waals surface area contributed by atoms with Crippen molar-refractivity contribution in [2.75, 3.05) is 26.2 Å². The molecule has 1 unspecified atom stereocenters. The molecular weight excluding hydrogens is 347 g/mol. The van der Waals surface area contributed by atoms with Crippen LogP contribution in [-0.4, -0.2) is 43.1 Å². The first-order valence-corrected chi connectivity index (χ1v) is 8.92. The van der Waals surface area contributed by atoms with Gasteiger partial charge in [0.1, 0.15) is 5.75 Å². The number of likely N-dealkylation sites (tertiary alicyclic amines) is 1. The maximum atomic E-state index is 12.8. The van der Waals surface area contributed by atoms with E-state index in [1.807, 2.05) is 30.0 Å². The number of piperidine rings is 1. The normalized spacial score (nSPS) is 20.5. The third-order valence-electron chi connectivity index (χ3n) is 5.22. The molecule has 2 saturated heterocycles. The summed E-state index contributed by atoms with van der Waals surface area (Å²) >= 11 is 6.14. The van der Waals surface area contributed by atoms with E-state index in [1.165, 1.54) is 6.42 Å². The van der Waals surface area contributed by atoms with Crippen LogP contribution in [0.25, 0.3) is 0 Å². The fourth-order valence-electron chi connectivity index (χ4n) is 3.63. The molecule has 24 heavy (non-hydrogen) atoms. The predicted molar refractivity (Wildman–Crippen MR) is 99.1 cm³/mol. The van der Waals surface area contributed by atoms with E-state index >= 15 is 0 Å². The smallest absolute Gasteiger partial charge is 0.263 e. The van der Waals surface area contributed by atoms with Crippen LogP contribution in [0, 0.1) is 5.41 Å². The van der Waals surface area contributed by atoms with Gasteiger partial charge in [-0.1, -0.05) is 30.7 Å². The molecule has 6 heteroatoms. The second-order valence-electron chi connectivity index (χ2n) is 6.70. The van der Waals surface area contributed by atoms with Crippen molar-refractivity contribution in [3.8, 4) is 5.75 Å². The highest BCUT2D eigenvalue weighted by Crippen LogP contribution is 2.37. The second kappa shape index (κ2) is 8.41. The molecule has 1 aromatic rings. The zero-order valence-electron chi connectivity index (χ0n) is 14.1. The molecule has 2 fully saturated rings. The van der Waals surface area contributed by atoms with Crippen LogP contribution in [0.15, 0.2) is 24.3 Å². The number of para-hydroxylation sites is 1. The van der Waals surface area contributed by atoms with E-state index in [0.29, 0.717) is 22.6 Å². The molecule has 0 aromatic heterocycles. The van der Waals surface area contributed by atoms with Gasteiger partial charge in [-0.05, 0) is 49.8 Å². The molecule has 1 N–H and O–H groups in total. The van der Waals surface area contributed by atoms with E-state index in [4.69, 9.17) is 16.3 Å². The molecule has 0 bridgehead atoms. The van der Waals surface area contributed by atoms with E-state index in [2.05, 4.69) is 5.32 Å². The molecule has 3 rings (SSSR count). The monoisotopic (exact) mass is 372 g/mol. The first kappa shape index (κ1) is 19.4. The van der Waals surface area contributed by atoms with Crippen molar-refractivity contribution >= 4 is 29.9 Å². The van der Waals surface area contributed by atoms with Crippen molar-refractivity contribution in [2.45, 2.75) is 38.7 Å². The van der Waals surface area contributed by atoms with E-state index in [1.54, 1.807) is 6.07 Å². The average Bonchev–Trinajstić information content (AvgIpc) is 3.02. The lowest BCUT2D eigenvalue weighted by Crippen LogP contribution is -2.48. The Morgan fingerprint density at radius 2 is 2.04 bits per heavy atom. The van der Waals surface area contributed by atoms with E-state index in [-0.39, 0.29) is 18.3 Å². The number of hydrogen-bond donors (Lipinski definition) is 1. The number of benzene rings is 1. The standard InChI is InChI=1S/C18H25ClN2O2.ClH/c1-2-15(23-16-6-4-3-5-14(16)19)17(22)21-11-8-18(9-12-21)7-10-20-13-18;/h3-6,15,20H,2,7-13H2,1H3;1H. The van der Waals surface area contributed by atoms with Gasteiger partial charge < -0.3 is 15.0 Å². The Hall–Kier alpha value is -0.970. The Morgan fingerprint density at radius 1 is 1.33 bits per heavy atom. The molecule has 1 amide bonds. The summed E-state index contributed by atoms with van der Waals surface area (Å²) in [5, 5.41) is 4.01. The van der Waals surface area contributed by atoms with Crippen molar-refractivity contribution in [2.24, 2.45) is 5.41 Å². The minimum Gasteiger partial charge on any atom is -0.479 e. The van der Waals surface area contributed by atoms with Crippen LogP contribution in [0.2, 0.25) is 5.02 Å². The molecular formula is C18H26Cl2N2O2. The first-order valence-electron chi connectivity index (χ1n) is 8.54. The van der Waals surface area contributed by atoms with Gasteiger partial charge in [0.25, 0.3) is 5.91 Å².